The summed E-state index contributed by atoms with van der Waals surface area (Å²) in [6.45, 7) is 2.83. The van der Waals surface area contributed by atoms with Gasteiger partial charge in [-0.2, -0.15) is 0 Å². The number of nitrogens with two attached hydrogens (primary N) is 1. The molecule has 1 aliphatic carbocycles. The molecule has 1 aromatic rings. The van der Waals surface area contributed by atoms with Gasteiger partial charge in [-0.05, 0) is 62.9 Å². The van der Waals surface area contributed by atoms with Crippen LogP contribution in [-0.4, -0.2) is 43.6 Å². The molecular formula is C19H29N3O2. The fourth-order valence-corrected chi connectivity index (χ4v) is 3.96. The number of hydrogen-bond donors (Lipinski definition) is 2. The summed E-state index contributed by atoms with van der Waals surface area (Å²) in [5.41, 5.74) is 7.15. The van der Waals surface area contributed by atoms with Gasteiger partial charge in [-0.1, -0.05) is 12.1 Å². The highest BCUT2D eigenvalue weighted by Gasteiger charge is 2.29. The van der Waals surface area contributed by atoms with Crippen molar-refractivity contribution in [2.45, 2.75) is 44.2 Å². The molecule has 0 radical (unpaired) electrons. The van der Waals surface area contributed by atoms with Crippen LogP contribution >= 0.6 is 0 Å². The van der Waals surface area contributed by atoms with Gasteiger partial charge in [0.15, 0.2) is 0 Å². The average Bonchev–Trinajstić information content (AvgIpc) is 3.27. The number of nitrogens with one attached hydrogen (secondary N) is 1. The van der Waals surface area contributed by atoms with Gasteiger partial charge in [-0.25, -0.2) is 0 Å². The van der Waals surface area contributed by atoms with Crippen LogP contribution in [0.2, 0.25) is 0 Å². The Hall–Kier alpha value is -1.59. The van der Waals surface area contributed by atoms with Crippen LogP contribution in [0.1, 0.15) is 43.7 Å². The van der Waals surface area contributed by atoms with Crippen molar-refractivity contribution in [1.29, 1.82) is 0 Å². The van der Waals surface area contributed by atoms with Crippen molar-refractivity contribution in [3.63, 3.8) is 0 Å². The van der Waals surface area contributed by atoms with Gasteiger partial charge in [-0.15, -0.1) is 0 Å². The topological polar surface area (TPSA) is 67.6 Å². The van der Waals surface area contributed by atoms with E-state index in [0.717, 1.165) is 38.1 Å². The van der Waals surface area contributed by atoms with E-state index in [1.807, 2.05) is 12.1 Å². The lowest BCUT2D eigenvalue weighted by Crippen LogP contribution is -2.39. The Bertz CT molecular complexity index is 557. The van der Waals surface area contributed by atoms with Crippen molar-refractivity contribution in [1.82, 2.24) is 10.2 Å². The molecule has 132 valence electrons. The van der Waals surface area contributed by atoms with Crippen LogP contribution in [0.3, 0.4) is 0 Å². The standard InChI is InChI=1S/C19H29N3O2/c1-24-17-6-4-5-14(12-17)18(22-9-2-3-10-22)13-21-19(23)15-7-8-16(20)11-15/h4-6,12,15-16,18H,2-3,7-11,13,20H2,1H3,(H,21,23). The lowest BCUT2D eigenvalue weighted by molar-refractivity contribution is -0.125. The van der Waals surface area contributed by atoms with Gasteiger partial charge in [0.05, 0.1) is 13.2 Å². The van der Waals surface area contributed by atoms with Crippen LogP contribution < -0.4 is 15.8 Å². The van der Waals surface area contributed by atoms with Gasteiger partial charge in [0.25, 0.3) is 0 Å². The van der Waals surface area contributed by atoms with Crippen LogP contribution in [0.4, 0.5) is 0 Å². The van der Waals surface area contributed by atoms with E-state index in [2.05, 4.69) is 22.3 Å². The predicted molar refractivity (Wildman–Crippen MR) is 94.9 cm³/mol. The minimum absolute atomic E-state index is 0.0875. The smallest absolute Gasteiger partial charge is 0.223 e. The van der Waals surface area contributed by atoms with Crippen LogP contribution in [-0.2, 0) is 4.79 Å². The number of benzene rings is 1. The summed E-state index contributed by atoms with van der Waals surface area (Å²) in [6.07, 6.45) is 5.15. The maximum Gasteiger partial charge on any atom is 0.223 e. The molecule has 0 aromatic heterocycles. The predicted octanol–water partition coefficient (Wildman–Crippen LogP) is 2.08. The second kappa shape index (κ2) is 7.99. The van der Waals surface area contributed by atoms with Crippen LogP contribution in [0.5, 0.6) is 5.75 Å². The van der Waals surface area contributed by atoms with Crippen molar-refractivity contribution in [3.8, 4) is 5.75 Å². The van der Waals surface area contributed by atoms with Crippen molar-refractivity contribution in [2.75, 3.05) is 26.7 Å². The summed E-state index contributed by atoms with van der Waals surface area (Å²) < 4.78 is 5.37. The molecule has 0 bridgehead atoms. The monoisotopic (exact) mass is 331 g/mol. The number of amides is 1. The first-order valence-corrected chi connectivity index (χ1v) is 9.08. The molecule has 1 amide bonds. The Morgan fingerprint density at radius 2 is 2.17 bits per heavy atom. The van der Waals surface area contributed by atoms with Gasteiger partial charge in [-0.3, -0.25) is 9.69 Å². The van der Waals surface area contributed by atoms with E-state index in [1.165, 1.54) is 18.4 Å². The van der Waals surface area contributed by atoms with Gasteiger partial charge in [0, 0.05) is 18.5 Å². The number of likely N-dealkylation sites (tertiary alicyclic amines) is 1. The first-order valence-electron chi connectivity index (χ1n) is 9.08. The third-order valence-corrected chi connectivity index (χ3v) is 5.37. The summed E-state index contributed by atoms with van der Waals surface area (Å²) in [5.74, 6) is 1.12. The number of carbonyl (C=O) groups excluding carboxylic acids is 1. The summed E-state index contributed by atoms with van der Waals surface area (Å²) in [5, 5.41) is 3.18. The van der Waals surface area contributed by atoms with Crippen LogP contribution in [0, 0.1) is 5.92 Å². The van der Waals surface area contributed by atoms with Gasteiger partial charge in [0.2, 0.25) is 5.91 Å². The lowest BCUT2D eigenvalue weighted by atomic mass is 10.0. The molecule has 3 atom stereocenters. The average molecular weight is 331 g/mol. The molecule has 3 rings (SSSR count). The zero-order valence-electron chi connectivity index (χ0n) is 14.5. The van der Waals surface area contributed by atoms with Crippen molar-refractivity contribution < 1.29 is 9.53 Å². The van der Waals surface area contributed by atoms with Gasteiger partial charge >= 0.3 is 0 Å². The summed E-state index contributed by atoms with van der Waals surface area (Å²) in [4.78, 5) is 14.9. The van der Waals surface area contributed by atoms with Crippen molar-refractivity contribution in [3.05, 3.63) is 29.8 Å². The maximum atomic E-state index is 12.5. The summed E-state index contributed by atoms with van der Waals surface area (Å²) in [7, 11) is 1.69. The molecule has 1 aromatic carbocycles. The first-order chi connectivity index (χ1) is 11.7. The Morgan fingerprint density at radius 1 is 1.38 bits per heavy atom. The minimum atomic E-state index is 0.0875. The first kappa shape index (κ1) is 17.2. The highest BCUT2D eigenvalue weighted by Crippen LogP contribution is 2.28. The Kier molecular flexibility index (Phi) is 5.74. The number of rotatable bonds is 6. The molecule has 0 spiro atoms. The van der Waals surface area contributed by atoms with E-state index < -0.39 is 0 Å². The number of methoxy groups -OCH3 is 1. The van der Waals surface area contributed by atoms with E-state index in [4.69, 9.17) is 10.5 Å². The van der Waals surface area contributed by atoms with Crippen molar-refractivity contribution >= 4 is 5.91 Å². The molecule has 1 saturated carbocycles. The second-order valence-electron chi connectivity index (χ2n) is 7.05. The quantitative estimate of drug-likeness (QED) is 0.837. The van der Waals surface area contributed by atoms with E-state index in [9.17, 15) is 4.79 Å². The fraction of sp³-hybridized carbons (Fsp3) is 0.632. The molecule has 5 heteroatoms. The second-order valence-corrected chi connectivity index (χ2v) is 7.05. The zero-order chi connectivity index (χ0) is 16.9. The van der Waals surface area contributed by atoms with Crippen LogP contribution in [0.25, 0.3) is 0 Å². The molecule has 1 aliphatic heterocycles. The molecule has 3 N–H and O–H groups in total. The molecule has 2 fully saturated rings. The minimum Gasteiger partial charge on any atom is -0.497 e. The molecule has 5 nitrogen and oxygen atoms in total. The maximum absolute atomic E-state index is 12.5. The molecule has 3 unspecified atom stereocenters. The highest BCUT2D eigenvalue weighted by atomic mass is 16.5. The van der Waals surface area contributed by atoms with E-state index >= 15 is 0 Å². The number of ether oxygens (including phenoxy) is 1. The number of hydrogen-bond acceptors (Lipinski definition) is 4. The van der Waals surface area contributed by atoms with E-state index in [0.29, 0.717) is 6.54 Å². The number of carbonyl (C=O) groups is 1. The van der Waals surface area contributed by atoms with Gasteiger partial charge in [0.1, 0.15) is 5.75 Å². The Morgan fingerprint density at radius 3 is 2.83 bits per heavy atom. The lowest BCUT2D eigenvalue weighted by Gasteiger charge is -2.29. The fourth-order valence-electron chi connectivity index (χ4n) is 3.96. The largest absolute Gasteiger partial charge is 0.497 e. The van der Waals surface area contributed by atoms with E-state index in [1.54, 1.807) is 7.11 Å². The van der Waals surface area contributed by atoms with Crippen molar-refractivity contribution in [2.24, 2.45) is 11.7 Å². The molecular weight excluding hydrogens is 302 g/mol. The molecule has 24 heavy (non-hydrogen) atoms. The molecule has 2 aliphatic rings. The Labute approximate surface area is 144 Å². The third-order valence-electron chi connectivity index (χ3n) is 5.37. The normalized spacial score (nSPS) is 25.6. The third kappa shape index (κ3) is 4.08. The zero-order valence-corrected chi connectivity index (χ0v) is 14.5. The van der Waals surface area contributed by atoms with Gasteiger partial charge < -0.3 is 15.8 Å². The Balaban J connectivity index is 1.67. The van der Waals surface area contributed by atoms with Crippen LogP contribution in [0.15, 0.2) is 24.3 Å². The molecule has 1 heterocycles. The van der Waals surface area contributed by atoms with E-state index in [-0.39, 0.29) is 23.9 Å². The molecule has 1 saturated heterocycles. The number of nitrogens with zero attached hydrogens (tertiary/aromatic N) is 1. The SMILES string of the molecule is COc1cccc(C(CNC(=O)C2CCC(N)C2)N2CCCC2)c1. The summed E-state index contributed by atoms with van der Waals surface area (Å²) >= 11 is 0. The summed E-state index contributed by atoms with van der Waals surface area (Å²) in [6, 6.07) is 8.59. The highest BCUT2D eigenvalue weighted by molar-refractivity contribution is 5.79.